The van der Waals surface area contributed by atoms with Crippen LogP contribution in [-0.4, -0.2) is 49.4 Å². The molecule has 0 atom stereocenters. The van der Waals surface area contributed by atoms with Crippen LogP contribution in [-0.2, 0) is 28.6 Å². The molecule has 0 aromatic rings. The van der Waals surface area contributed by atoms with Gasteiger partial charge in [0.05, 0.1) is 12.0 Å². The summed E-state index contributed by atoms with van der Waals surface area (Å²) in [7, 11) is 0. The van der Waals surface area contributed by atoms with E-state index in [1.807, 2.05) is 0 Å². The van der Waals surface area contributed by atoms with Crippen molar-refractivity contribution in [3.63, 3.8) is 0 Å². The molecule has 0 amide bonds. The Balaban J connectivity index is 4.63. The normalized spacial score (nSPS) is 10.7. The molecule has 0 spiro atoms. The van der Waals surface area contributed by atoms with Crippen molar-refractivity contribution >= 4 is 17.9 Å². The second-order valence-corrected chi connectivity index (χ2v) is 4.00. The summed E-state index contributed by atoms with van der Waals surface area (Å²) in [5.74, 6) is -1.63. The van der Waals surface area contributed by atoms with Crippen LogP contribution in [0.25, 0.3) is 0 Å². The van der Waals surface area contributed by atoms with Crippen LogP contribution in [0.5, 0.6) is 0 Å². The highest BCUT2D eigenvalue weighted by Crippen LogP contribution is 2.19. The van der Waals surface area contributed by atoms with Crippen LogP contribution < -0.4 is 0 Å². The van der Waals surface area contributed by atoms with Gasteiger partial charge in [0.25, 0.3) is 0 Å². The molecule has 0 aliphatic carbocycles. The molecule has 0 fully saturated rings. The van der Waals surface area contributed by atoms with Crippen LogP contribution in [0.15, 0.2) is 0 Å². The highest BCUT2D eigenvalue weighted by molar-refractivity contribution is 5.67. The van der Waals surface area contributed by atoms with Gasteiger partial charge in [0.2, 0.25) is 0 Å². The predicted molar refractivity (Wildman–Crippen MR) is 59.4 cm³/mol. The molecule has 0 heterocycles. The quantitative estimate of drug-likeness (QED) is 0.494. The summed E-state index contributed by atoms with van der Waals surface area (Å²) < 4.78 is 14.3. The fourth-order valence-electron chi connectivity index (χ4n) is 1.03. The van der Waals surface area contributed by atoms with Crippen LogP contribution >= 0.6 is 0 Å². The van der Waals surface area contributed by atoms with Crippen LogP contribution in [0.4, 0.5) is 0 Å². The number of esters is 3. The molecule has 0 aliphatic rings. The minimum atomic E-state index is -1.14. The third-order valence-electron chi connectivity index (χ3n) is 2.08. The lowest BCUT2D eigenvalue weighted by molar-refractivity contribution is -0.162. The van der Waals surface area contributed by atoms with Crippen molar-refractivity contribution < 1.29 is 33.7 Å². The molecule has 1 N–H and O–H groups in total. The molecule has 7 heteroatoms. The molecule has 18 heavy (non-hydrogen) atoms. The Morgan fingerprint density at radius 3 is 1.28 bits per heavy atom. The molecule has 0 radical (unpaired) electrons. The van der Waals surface area contributed by atoms with Crippen molar-refractivity contribution in [2.45, 2.75) is 20.8 Å². The summed E-state index contributed by atoms with van der Waals surface area (Å²) in [6.45, 7) is 2.54. The number of hydrogen-bond donors (Lipinski definition) is 1. The van der Waals surface area contributed by atoms with Crippen molar-refractivity contribution in [3.05, 3.63) is 0 Å². The van der Waals surface area contributed by atoms with Crippen molar-refractivity contribution in [3.8, 4) is 0 Å². The van der Waals surface area contributed by atoms with E-state index in [1.54, 1.807) is 0 Å². The van der Waals surface area contributed by atoms with E-state index in [0.29, 0.717) is 0 Å². The van der Waals surface area contributed by atoms with Gasteiger partial charge >= 0.3 is 17.9 Å². The van der Waals surface area contributed by atoms with Crippen molar-refractivity contribution in [2.75, 3.05) is 26.4 Å². The molecule has 0 saturated heterocycles. The van der Waals surface area contributed by atoms with Gasteiger partial charge < -0.3 is 19.3 Å². The smallest absolute Gasteiger partial charge is 0.302 e. The second-order valence-electron chi connectivity index (χ2n) is 4.00. The van der Waals surface area contributed by atoms with Crippen LogP contribution in [0.1, 0.15) is 20.8 Å². The molecular formula is C11H18O7. The van der Waals surface area contributed by atoms with E-state index in [4.69, 9.17) is 14.2 Å². The van der Waals surface area contributed by atoms with E-state index in [-0.39, 0.29) is 19.8 Å². The van der Waals surface area contributed by atoms with Gasteiger partial charge in [-0.3, -0.25) is 14.4 Å². The Bertz CT molecular complexity index is 265. The Labute approximate surface area is 105 Å². The fraction of sp³-hybridized carbons (Fsp3) is 0.727. The molecule has 0 saturated carbocycles. The molecule has 0 bridgehead atoms. The standard InChI is InChI=1S/C11H18O7/c1-8(13)16-5-11(4-12,6-17-9(2)14)7-18-10(3)15/h12H,4-7H2,1-3H3. The summed E-state index contributed by atoms with van der Waals surface area (Å²) in [6.07, 6.45) is 0. The van der Waals surface area contributed by atoms with E-state index >= 15 is 0 Å². The highest BCUT2D eigenvalue weighted by atomic mass is 16.6. The maximum atomic E-state index is 10.8. The van der Waals surface area contributed by atoms with Gasteiger partial charge in [0.1, 0.15) is 19.8 Å². The zero-order valence-electron chi connectivity index (χ0n) is 10.7. The highest BCUT2D eigenvalue weighted by Gasteiger charge is 2.34. The van der Waals surface area contributed by atoms with Crippen molar-refractivity contribution in [1.29, 1.82) is 0 Å². The Morgan fingerprint density at radius 1 is 0.833 bits per heavy atom. The van der Waals surface area contributed by atoms with Crippen LogP contribution in [0.2, 0.25) is 0 Å². The van der Waals surface area contributed by atoms with Gasteiger partial charge in [0, 0.05) is 20.8 Å². The third-order valence-corrected chi connectivity index (χ3v) is 2.08. The topological polar surface area (TPSA) is 99.1 Å². The summed E-state index contributed by atoms with van der Waals surface area (Å²) >= 11 is 0. The van der Waals surface area contributed by atoms with E-state index in [2.05, 4.69) is 0 Å². The van der Waals surface area contributed by atoms with E-state index in [9.17, 15) is 19.5 Å². The lowest BCUT2D eigenvalue weighted by Crippen LogP contribution is -2.42. The van der Waals surface area contributed by atoms with E-state index < -0.39 is 29.9 Å². The van der Waals surface area contributed by atoms with Gasteiger partial charge in [-0.15, -0.1) is 0 Å². The van der Waals surface area contributed by atoms with Gasteiger partial charge in [-0.1, -0.05) is 0 Å². The van der Waals surface area contributed by atoms with Crippen molar-refractivity contribution in [2.24, 2.45) is 5.41 Å². The lowest BCUT2D eigenvalue weighted by atomic mass is 9.92. The molecule has 0 rings (SSSR count). The zero-order chi connectivity index (χ0) is 14.2. The Hall–Kier alpha value is -1.63. The number of carbonyl (C=O) groups excluding carboxylic acids is 3. The molecular weight excluding hydrogens is 244 g/mol. The largest absolute Gasteiger partial charge is 0.465 e. The first-order valence-electron chi connectivity index (χ1n) is 5.32. The van der Waals surface area contributed by atoms with Gasteiger partial charge in [-0.2, -0.15) is 0 Å². The van der Waals surface area contributed by atoms with Gasteiger partial charge in [-0.25, -0.2) is 0 Å². The lowest BCUT2D eigenvalue weighted by Gasteiger charge is -2.29. The number of hydrogen-bond acceptors (Lipinski definition) is 7. The maximum Gasteiger partial charge on any atom is 0.302 e. The maximum absolute atomic E-state index is 10.8. The molecule has 0 aromatic carbocycles. The number of ether oxygens (including phenoxy) is 3. The summed E-state index contributed by atoms with van der Waals surface area (Å²) in [5.41, 5.74) is -1.14. The summed E-state index contributed by atoms with van der Waals surface area (Å²) in [4.78, 5) is 32.3. The average molecular weight is 262 g/mol. The molecule has 0 aliphatic heterocycles. The van der Waals surface area contributed by atoms with E-state index in [1.165, 1.54) is 20.8 Å². The molecule has 7 nitrogen and oxygen atoms in total. The van der Waals surface area contributed by atoms with Gasteiger partial charge in [0.15, 0.2) is 0 Å². The number of rotatable bonds is 7. The predicted octanol–water partition coefficient (Wildman–Crippen LogP) is -0.346. The molecule has 0 unspecified atom stereocenters. The first kappa shape index (κ1) is 16.4. The summed E-state index contributed by atoms with van der Waals surface area (Å²) in [5, 5.41) is 9.34. The minimum Gasteiger partial charge on any atom is -0.465 e. The monoisotopic (exact) mass is 262 g/mol. The van der Waals surface area contributed by atoms with Crippen molar-refractivity contribution in [1.82, 2.24) is 0 Å². The first-order chi connectivity index (χ1) is 8.31. The summed E-state index contributed by atoms with van der Waals surface area (Å²) in [6, 6.07) is 0. The fourth-order valence-corrected chi connectivity index (χ4v) is 1.03. The minimum absolute atomic E-state index is 0.209. The number of carbonyl (C=O) groups is 3. The van der Waals surface area contributed by atoms with Gasteiger partial charge in [-0.05, 0) is 0 Å². The SMILES string of the molecule is CC(=O)OCC(CO)(COC(C)=O)COC(C)=O. The van der Waals surface area contributed by atoms with E-state index in [0.717, 1.165) is 0 Å². The zero-order valence-corrected chi connectivity index (χ0v) is 10.7. The van der Waals surface area contributed by atoms with Crippen LogP contribution in [0, 0.1) is 5.41 Å². The third kappa shape index (κ3) is 6.85. The Morgan fingerprint density at radius 2 is 1.11 bits per heavy atom. The number of aliphatic hydroxyl groups excluding tert-OH is 1. The Kier molecular flexibility index (Phi) is 6.96. The first-order valence-corrected chi connectivity index (χ1v) is 5.32. The molecule has 104 valence electrons. The average Bonchev–Trinajstić information content (AvgIpc) is 2.28. The second kappa shape index (κ2) is 7.65. The number of aliphatic hydroxyl groups is 1. The van der Waals surface area contributed by atoms with Crippen LogP contribution in [0.3, 0.4) is 0 Å². The molecule has 0 aromatic heterocycles.